The molecule has 0 bridgehead atoms. The molecule has 3 aromatic rings. The number of nitrogens with zero attached hydrogens (tertiary/aromatic N) is 1. The molecule has 0 unspecified atom stereocenters. The highest BCUT2D eigenvalue weighted by Gasteiger charge is 2.08. The van der Waals surface area contributed by atoms with E-state index in [9.17, 15) is 4.79 Å². The van der Waals surface area contributed by atoms with E-state index in [4.69, 9.17) is 16.3 Å². The third kappa shape index (κ3) is 5.02. The lowest BCUT2D eigenvalue weighted by Gasteiger charge is -2.11. The molecule has 0 saturated heterocycles. The van der Waals surface area contributed by atoms with E-state index in [1.54, 1.807) is 25.6 Å². The van der Waals surface area contributed by atoms with Crippen LogP contribution in [0.5, 0.6) is 5.75 Å². The molecular formula is C22H22ClN3O2. The Morgan fingerprint density at radius 2 is 1.96 bits per heavy atom. The first-order chi connectivity index (χ1) is 13.6. The van der Waals surface area contributed by atoms with Crippen LogP contribution in [0.1, 0.15) is 21.5 Å². The minimum atomic E-state index is -0.165. The molecule has 6 heteroatoms. The highest BCUT2D eigenvalue weighted by atomic mass is 35.5. The fraction of sp³-hybridized carbons (Fsp3) is 0.182. The van der Waals surface area contributed by atoms with Crippen molar-refractivity contribution in [2.75, 3.05) is 19.0 Å². The van der Waals surface area contributed by atoms with Gasteiger partial charge in [0.25, 0.3) is 5.91 Å². The number of rotatable bonds is 7. The van der Waals surface area contributed by atoms with Crippen molar-refractivity contribution in [1.82, 2.24) is 10.3 Å². The van der Waals surface area contributed by atoms with Gasteiger partial charge < -0.3 is 15.4 Å². The lowest BCUT2D eigenvalue weighted by Crippen LogP contribution is -2.25. The first-order valence-corrected chi connectivity index (χ1v) is 9.33. The van der Waals surface area contributed by atoms with Gasteiger partial charge in [0.2, 0.25) is 0 Å². The zero-order valence-corrected chi connectivity index (χ0v) is 16.6. The fourth-order valence-corrected chi connectivity index (χ4v) is 2.96. The van der Waals surface area contributed by atoms with Gasteiger partial charge in [-0.15, -0.1) is 0 Å². The number of methoxy groups -OCH3 is 1. The Hall–Kier alpha value is -3.05. The van der Waals surface area contributed by atoms with Gasteiger partial charge >= 0.3 is 0 Å². The monoisotopic (exact) mass is 395 g/mol. The van der Waals surface area contributed by atoms with Crippen molar-refractivity contribution >= 4 is 28.9 Å². The summed E-state index contributed by atoms with van der Waals surface area (Å²) in [5, 5.41) is 6.87. The van der Waals surface area contributed by atoms with Crippen LogP contribution in [-0.2, 0) is 6.42 Å². The molecule has 28 heavy (non-hydrogen) atoms. The second kappa shape index (κ2) is 9.24. The SMILES string of the molecule is COc1cccc(CCNC(=O)c2cncc(Nc3cccc(Cl)c3C)c2)c1. The number of halogens is 1. The molecule has 5 nitrogen and oxygen atoms in total. The molecule has 1 heterocycles. The smallest absolute Gasteiger partial charge is 0.252 e. The van der Waals surface area contributed by atoms with Gasteiger partial charge in [-0.25, -0.2) is 0 Å². The van der Waals surface area contributed by atoms with Crippen molar-refractivity contribution in [3.05, 3.63) is 82.6 Å². The van der Waals surface area contributed by atoms with Crippen molar-refractivity contribution < 1.29 is 9.53 Å². The maximum absolute atomic E-state index is 12.5. The number of ether oxygens (including phenoxy) is 1. The van der Waals surface area contributed by atoms with Crippen molar-refractivity contribution in [3.8, 4) is 5.75 Å². The molecule has 0 aliphatic carbocycles. The highest BCUT2D eigenvalue weighted by Crippen LogP contribution is 2.26. The van der Waals surface area contributed by atoms with E-state index in [0.717, 1.165) is 34.7 Å². The van der Waals surface area contributed by atoms with Crippen molar-refractivity contribution in [2.45, 2.75) is 13.3 Å². The lowest BCUT2D eigenvalue weighted by molar-refractivity contribution is 0.0954. The molecule has 0 fully saturated rings. The maximum Gasteiger partial charge on any atom is 0.252 e. The number of benzene rings is 2. The third-order valence-electron chi connectivity index (χ3n) is 4.38. The molecule has 2 N–H and O–H groups in total. The van der Waals surface area contributed by atoms with Crippen LogP contribution in [0.3, 0.4) is 0 Å². The van der Waals surface area contributed by atoms with Crippen LogP contribution in [0.25, 0.3) is 0 Å². The van der Waals surface area contributed by atoms with Crippen molar-refractivity contribution in [2.24, 2.45) is 0 Å². The topological polar surface area (TPSA) is 63.2 Å². The van der Waals surface area contributed by atoms with Gasteiger partial charge in [0.15, 0.2) is 0 Å². The summed E-state index contributed by atoms with van der Waals surface area (Å²) in [4.78, 5) is 16.6. The summed E-state index contributed by atoms with van der Waals surface area (Å²) in [5.41, 5.74) is 4.15. The third-order valence-corrected chi connectivity index (χ3v) is 4.79. The van der Waals surface area contributed by atoms with Gasteiger partial charge in [-0.05, 0) is 54.8 Å². The zero-order valence-electron chi connectivity index (χ0n) is 15.8. The van der Waals surface area contributed by atoms with Gasteiger partial charge in [-0.2, -0.15) is 0 Å². The summed E-state index contributed by atoms with van der Waals surface area (Å²) < 4.78 is 5.22. The van der Waals surface area contributed by atoms with Crippen molar-refractivity contribution in [1.29, 1.82) is 0 Å². The van der Waals surface area contributed by atoms with E-state index in [2.05, 4.69) is 15.6 Å². The summed E-state index contributed by atoms with van der Waals surface area (Å²) in [6.07, 6.45) is 3.94. The van der Waals surface area contributed by atoms with Crippen LogP contribution >= 0.6 is 11.6 Å². The number of amides is 1. The largest absolute Gasteiger partial charge is 0.497 e. The average molecular weight is 396 g/mol. The number of pyridine rings is 1. The molecule has 0 radical (unpaired) electrons. The lowest BCUT2D eigenvalue weighted by atomic mass is 10.1. The van der Waals surface area contributed by atoms with E-state index in [1.807, 2.05) is 49.4 Å². The average Bonchev–Trinajstić information content (AvgIpc) is 2.72. The highest BCUT2D eigenvalue weighted by molar-refractivity contribution is 6.31. The standard InChI is InChI=1S/C22H22ClN3O2/c1-15-20(23)7-4-8-21(15)26-18-12-17(13-24-14-18)22(27)25-10-9-16-5-3-6-19(11-16)28-2/h3-8,11-14,26H,9-10H2,1-2H3,(H,25,27). The quantitative estimate of drug-likeness (QED) is 0.605. The maximum atomic E-state index is 12.5. The second-order valence-corrected chi connectivity index (χ2v) is 6.76. The molecule has 0 spiro atoms. The summed E-state index contributed by atoms with van der Waals surface area (Å²) >= 11 is 6.16. The predicted molar refractivity (Wildman–Crippen MR) is 113 cm³/mol. The van der Waals surface area contributed by atoms with Gasteiger partial charge in [0.1, 0.15) is 5.75 Å². The Morgan fingerprint density at radius 1 is 1.14 bits per heavy atom. The Labute approximate surface area is 169 Å². The van der Waals surface area contributed by atoms with Gasteiger partial charge in [-0.1, -0.05) is 29.8 Å². The summed E-state index contributed by atoms with van der Waals surface area (Å²) in [5.74, 6) is 0.643. The Balaban J connectivity index is 1.61. The molecule has 2 aromatic carbocycles. The fourth-order valence-electron chi connectivity index (χ4n) is 2.78. The number of hydrogen-bond acceptors (Lipinski definition) is 4. The first-order valence-electron chi connectivity index (χ1n) is 8.95. The zero-order chi connectivity index (χ0) is 19.9. The number of nitrogens with one attached hydrogen (secondary N) is 2. The van der Waals surface area contributed by atoms with Crippen LogP contribution in [0.4, 0.5) is 11.4 Å². The molecule has 3 rings (SSSR count). The van der Waals surface area contributed by atoms with Crippen LogP contribution < -0.4 is 15.4 Å². The van der Waals surface area contributed by atoms with Gasteiger partial charge in [0, 0.05) is 23.5 Å². The van der Waals surface area contributed by atoms with Crippen molar-refractivity contribution in [3.63, 3.8) is 0 Å². The minimum Gasteiger partial charge on any atom is -0.497 e. The van der Waals surface area contributed by atoms with Crippen LogP contribution in [0.15, 0.2) is 60.9 Å². The van der Waals surface area contributed by atoms with E-state index in [0.29, 0.717) is 17.1 Å². The number of hydrogen-bond donors (Lipinski definition) is 2. The molecule has 144 valence electrons. The second-order valence-electron chi connectivity index (χ2n) is 6.36. The van der Waals surface area contributed by atoms with Gasteiger partial charge in [0.05, 0.1) is 24.6 Å². The predicted octanol–water partition coefficient (Wildman–Crippen LogP) is 4.77. The number of carbonyl (C=O) groups is 1. The number of aromatic nitrogens is 1. The molecule has 0 atom stereocenters. The normalized spacial score (nSPS) is 10.4. The van der Waals surface area contributed by atoms with Crippen LogP contribution in [0, 0.1) is 6.92 Å². The molecular weight excluding hydrogens is 374 g/mol. The summed E-state index contributed by atoms with van der Waals surface area (Å²) in [6, 6.07) is 15.2. The number of carbonyl (C=O) groups excluding carboxylic acids is 1. The molecule has 0 saturated carbocycles. The molecule has 1 aromatic heterocycles. The minimum absolute atomic E-state index is 0.165. The van der Waals surface area contributed by atoms with Crippen LogP contribution in [0.2, 0.25) is 5.02 Å². The Morgan fingerprint density at radius 3 is 2.79 bits per heavy atom. The van der Waals surface area contributed by atoms with E-state index < -0.39 is 0 Å². The Bertz CT molecular complexity index is 976. The first kappa shape index (κ1) is 19.7. The Kier molecular flexibility index (Phi) is 6.50. The molecule has 0 aliphatic heterocycles. The number of anilines is 2. The summed E-state index contributed by atoms with van der Waals surface area (Å²) in [7, 11) is 1.64. The summed E-state index contributed by atoms with van der Waals surface area (Å²) in [6.45, 7) is 2.46. The molecule has 1 amide bonds. The van der Waals surface area contributed by atoms with E-state index >= 15 is 0 Å². The van der Waals surface area contributed by atoms with E-state index in [1.165, 1.54) is 0 Å². The van der Waals surface area contributed by atoms with Crippen LogP contribution in [-0.4, -0.2) is 24.5 Å². The van der Waals surface area contributed by atoms with Gasteiger partial charge in [-0.3, -0.25) is 9.78 Å². The van der Waals surface area contributed by atoms with E-state index in [-0.39, 0.29) is 5.91 Å². The molecule has 0 aliphatic rings.